The Bertz CT molecular complexity index is 691. The summed E-state index contributed by atoms with van der Waals surface area (Å²) in [7, 11) is 0. The molecule has 1 aliphatic carbocycles. The molecule has 0 spiro atoms. The lowest BCUT2D eigenvalue weighted by Gasteiger charge is -2.10. The number of thiophene rings is 1. The van der Waals surface area contributed by atoms with Crippen molar-refractivity contribution in [3.8, 4) is 0 Å². The quantitative estimate of drug-likeness (QED) is 0.729. The van der Waals surface area contributed by atoms with Crippen molar-refractivity contribution in [2.45, 2.75) is 32.4 Å². The van der Waals surface area contributed by atoms with Gasteiger partial charge in [-0.1, -0.05) is 6.07 Å². The van der Waals surface area contributed by atoms with Crippen LogP contribution in [0, 0.1) is 6.92 Å². The largest absolute Gasteiger partial charge is 0.416 e. The molecule has 0 amide bonds. The third kappa shape index (κ3) is 2.62. The fraction of sp³-hybridized carbons (Fsp3) is 0.312. The Labute approximate surface area is 124 Å². The fourth-order valence-electron chi connectivity index (χ4n) is 2.67. The van der Waals surface area contributed by atoms with Crippen molar-refractivity contribution >= 4 is 17.1 Å². The number of rotatable bonds is 2. The Morgan fingerprint density at radius 2 is 1.95 bits per heavy atom. The Kier molecular flexibility index (Phi) is 3.40. The molecule has 5 heteroatoms. The van der Waals surface area contributed by atoms with Crippen LogP contribution in [-0.4, -0.2) is 5.78 Å². The lowest BCUT2D eigenvalue weighted by Crippen LogP contribution is -2.08. The summed E-state index contributed by atoms with van der Waals surface area (Å²) in [6, 6.07) is 5.19. The number of halogens is 3. The first-order valence-corrected chi connectivity index (χ1v) is 7.52. The normalized spacial score (nSPS) is 14.3. The molecular formula is C16H13F3OS. The standard InChI is InChI=1S/C16H13F3OS/c1-9-7-11(16(17,18)19)5-6-12(9)15(20)14-8-10-3-2-4-13(10)21-14/h5-8H,2-4H2,1H3. The Morgan fingerprint density at radius 1 is 1.19 bits per heavy atom. The van der Waals surface area contributed by atoms with Gasteiger partial charge in [-0.2, -0.15) is 13.2 Å². The van der Waals surface area contributed by atoms with E-state index in [0.717, 1.165) is 31.4 Å². The van der Waals surface area contributed by atoms with Gasteiger partial charge in [0.15, 0.2) is 0 Å². The molecule has 3 rings (SSSR count). The minimum absolute atomic E-state index is 0.180. The molecule has 0 fully saturated rings. The molecule has 0 aliphatic heterocycles. The summed E-state index contributed by atoms with van der Waals surface area (Å²) < 4.78 is 38.0. The molecule has 1 nitrogen and oxygen atoms in total. The van der Waals surface area contributed by atoms with Crippen molar-refractivity contribution in [2.24, 2.45) is 0 Å². The number of hydrogen-bond donors (Lipinski definition) is 0. The molecule has 1 aromatic carbocycles. The monoisotopic (exact) mass is 310 g/mol. The molecule has 110 valence electrons. The van der Waals surface area contributed by atoms with Crippen LogP contribution in [0.15, 0.2) is 24.3 Å². The zero-order valence-corrected chi connectivity index (χ0v) is 12.2. The second-order valence-corrected chi connectivity index (χ2v) is 6.41. The predicted molar refractivity (Wildman–Crippen MR) is 76.0 cm³/mol. The van der Waals surface area contributed by atoms with E-state index in [2.05, 4.69) is 0 Å². The lowest BCUT2D eigenvalue weighted by atomic mass is 10.0. The third-order valence-electron chi connectivity index (χ3n) is 3.77. The number of hydrogen-bond acceptors (Lipinski definition) is 2. The summed E-state index contributed by atoms with van der Waals surface area (Å²) in [6.45, 7) is 1.55. The van der Waals surface area contributed by atoms with Gasteiger partial charge in [-0.15, -0.1) is 11.3 Å². The van der Waals surface area contributed by atoms with Crippen LogP contribution in [0.4, 0.5) is 13.2 Å². The maximum atomic E-state index is 12.7. The molecule has 0 N–H and O–H groups in total. The highest BCUT2D eigenvalue weighted by atomic mass is 32.1. The summed E-state index contributed by atoms with van der Waals surface area (Å²) in [4.78, 5) is 14.3. The number of carbonyl (C=O) groups is 1. The van der Waals surface area contributed by atoms with E-state index in [9.17, 15) is 18.0 Å². The second-order valence-electron chi connectivity index (χ2n) is 5.27. The average molecular weight is 310 g/mol. The minimum atomic E-state index is -4.38. The van der Waals surface area contributed by atoms with Gasteiger partial charge in [0.25, 0.3) is 0 Å². The first-order valence-electron chi connectivity index (χ1n) is 6.70. The van der Waals surface area contributed by atoms with Crippen molar-refractivity contribution in [3.05, 3.63) is 56.3 Å². The molecule has 0 unspecified atom stereocenters. The highest BCUT2D eigenvalue weighted by molar-refractivity contribution is 7.14. The molecular weight excluding hydrogens is 297 g/mol. The van der Waals surface area contributed by atoms with E-state index in [4.69, 9.17) is 0 Å². The van der Waals surface area contributed by atoms with Gasteiger partial charge < -0.3 is 0 Å². The lowest BCUT2D eigenvalue weighted by molar-refractivity contribution is -0.137. The van der Waals surface area contributed by atoms with Gasteiger partial charge in [-0.25, -0.2) is 0 Å². The Balaban J connectivity index is 1.94. The molecule has 0 radical (unpaired) electrons. The van der Waals surface area contributed by atoms with Crippen LogP contribution in [0.25, 0.3) is 0 Å². The summed E-state index contributed by atoms with van der Waals surface area (Å²) in [5, 5.41) is 0. The highest BCUT2D eigenvalue weighted by Crippen LogP contribution is 2.34. The number of aryl methyl sites for hydroxylation is 3. The van der Waals surface area contributed by atoms with Gasteiger partial charge in [0.05, 0.1) is 10.4 Å². The van der Waals surface area contributed by atoms with Crippen LogP contribution in [0.2, 0.25) is 0 Å². The van der Waals surface area contributed by atoms with E-state index >= 15 is 0 Å². The van der Waals surface area contributed by atoms with Crippen LogP contribution in [0.5, 0.6) is 0 Å². The maximum Gasteiger partial charge on any atom is 0.416 e. The van der Waals surface area contributed by atoms with Crippen molar-refractivity contribution < 1.29 is 18.0 Å². The molecule has 0 saturated heterocycles. The maximum absolute atomic E-state index is 12.7. The van der Waals surface area contributed by atoms with Crippen LogP contribution in [0.3, 0.4) is 0 Å². The van der Waals surface area contributed by atoms with E-state index in [1.165, 1.54) is 27.8 Å². The second kappa shape index (κ2) is 4.98. The number of ketones is 1. The first-order chi connectivity index (χ1) is 9.86. The zero-order chi connectivity index (χ0) is 15.2. The topological polar surface area (TPSA) is 17.1 Å². The summed E-state index contributed by atoms with van der Waals surface area (Å²) in [6.07, 6.45) is -1.27. The van der Waals surface area contributed by atoms with Crippen molar-refractivity contribution in [1.82, 2.24) is 0 Å². The van der Waals surface area contributed by atoms with Crippen LogP contribution in [-0.2, 0) is 19.0 Å². The van der Waals surface area contributed by atoms with Gasteiger partial charge >= 0.3 is 6.18 Å². The summed E-state index contributed by atoms with van der Waals surface area (Å²) >= 11 is 1.47. The molecule has 2 aromatic rings. The molecule has 0 atom stereocenters. The van der Waals surface area contributed by atoms with Gasteiger partial charge in [0.1, 0.15) is 0 Å². The third-order valence-corrected chi connectivity index (χ3v) is 5.00. The van der Waals surface area contributed by atoms with Gasteiger partial charge in [0.2, 0.25) is 5.78 Å². The Morgan fingerprint density at radius 3 is 2.57 bits per heavy atom. The van der Waals surface area contributed by atoms with Gasteiger partial charge in [-0.05, 0) is 55.5 Å². The van der Waals surface area contributed by atoms with E-state index in [1.54, 1.807) is 6.92 Å². The van der Waals surface area contributed by atoms with E-state index in [0.29, 0.717) is 16.0 Å². The van der Waals surface area contributed by atoms with Crippen molar-refractivity contribution in [1.29, 1.82) is 0 Å². The van der Waals surface area contributed by atoms with Crippen LogP contribution >= 0.6 is 11.3 Å². The fourth-order valence-corrected chi connectivity index (χ4v) is 3.88. The van der Waals surface area contributed by atoms with E-state index in [1.807, 2.05) is 6.07 Å². The van der Waals surface area contributed by atoms with Crippen molar-refractivity contribution in [3.63, 3.8) is 0 Å². The number of fused-ring (bicyclic) bond motifs is 1. The number of carbonyl (C=O) groups excluding carboxylic acids is 1. The molecule has 21 heavy (non-hydrogen) atoms. The Hall–Kier alpha value is -1.62. The smallest absolute Gasteiger partial charge is 0.288 e. The van der Waals surface area contributed by atoms with Gasteiger partial charge in [-0.3, -0.25) is 4.79 Å². The minimum Gasteiger partial charge on any atom is -0.288 e. The summed E-state index contributed by atoms with van der Waals surface area (Å²) in [5.41, 5.74) is 1.21. The highest BCUT2D eigenvalue weighted by Gasteiger charge is 2.31. The SMILES string of the molecule is Cc1cc(C(F)(F)F)ccc1C(=O)c1cc2c(s1)CCC2. The summed E-state index contributed by atoms with van der Waals surface area (Å²) in [5.74, 6) is -0.180. The number of alkyl halides is 3. The van der Waals surface area contributed by atoms with Crippen LogP contribution < -0.4 is 0 Å². The number of benzene rings is 1. The molecule has 0 saturated carbocycles. The molecule has 0 bridgehead atoms. The predicted octanol–water partition coefficient (Wildman–Crippen LogP) is 4.80. The van der Waals surface area contributed by atoms with E-state index < -0.39 is 11.7 Å². The first kappa shape index (κ1) is 14.3. The van der Waals surface area contributed by atoms with Gasteiger partial charge in [0, 0.05) is 10.4 Å². The van der Waals surface area contributed by atoms with E-state index in [-0.39, 0.29) is 5.78 Å². The zero-order valence-electron chi connectivity index (χ0n) is 11.4. The molecule has 1 heterocycles. The molecule has 1 aromatic heterocycles. The van der Waals surface area contributed by atoms with Crippen LogP contribution in [0.1, 0.15) is 43.2 Å². The molecule has 1 aliphatic rings. The van der Waals surface area contributed by atoms with Crippen molar-refractivity contribution in [2.75, 3.05) is 0 Å². The average Bonchev–Trinajstić information content (AvgIpc) is 2.97.